The van der Waals surface area contributed by atoms with Gasteiger partial charge in [0.15, 0.2) is 5.82 Å². The molecule has 3 aromatic heterocycles. The summed E-state index contributed by atoms with van der Waals surface area (Å²) in [6.07, 6.45) is 7.04. The van der Waals surface area contributed by atoms with Crippen molar-refractivity contribution in [2.24, 2.45) is 0 Å². The van der Waals surface area contributed by atoms with Gasteiger partial charge in [-0.1, -0.05) is 6.07 Å². The van der Waals surface area contributed by atoms with Crippen molar-refractivity contribution in [3.63, 3.8) is 0 Å². The lowest BCUT2D eigenvalue weighted by atomic mass is 10.2. The zero-order valence-electron chi connectivity index (χ0n) is 14.8. The second kappa shape index (κ2) is 6.95. The van der Waals surface area contributed by atoms with Crippen LogP contribution in [0.5, 0.6) is 5.75 Å². The van der Waals surface area contributed by atoms with Gasteiger partial charge >= 0.3 is 0 Å². The topological polar surface area (TPSA) is 70.7 Å². The molecule has 1 unspecified atom stereocenters. The third-order valence-electron chi connectivity index (χ3n) is 4.26. The van der Waals surface area contributed by atoms with Crippen molar-refractivity contribution >= 4 is 10.9 Å². The summed E-state index contributed by atoms with van der Waals surface area (Å²) in [6.45, 7) is 5.47. The zero-order valence-corrected chi connectivity index (χ0v) is 14.8. The molecule has 0 saturated heterocycles. The maximum atomic E-state index is 5.56. The number of nitrogens with zero attached hydrogens (tertiary/aromatic N) is 6. The molecule has 0 fully saturated rings. The van der Waals surface area contributed by atoms with Crippen molar-refractivity contribution in [2.45, 2.75) is 26.4 Å². The van der Waals surface area contributed by atoms with Crippen molar-refractivity contribution < 1.29 is 4.74 Å². The van der Waals surface area contributed by atoms with Crippen molar-refractivity contribution in [3.8, 4) is 17.3 Å². The molecule has 7 nitrogen and oxygen atoms in total. The molecule has 3 heterocycles. The second-order valence-electron chi connectivity index (χ2n) is 6.11. The number of rotatable bonds is 6. The van der Waals surface area contributed by atoms with Crippen LogP contribution in [0.1, 0.15) is 19.9 Å². The monoisotopic (exact) mass is 348 g/mol. The summed E-state index contributed by atoms with van der Waals surface area (Å²) in [6, 6.07) is 10.2. The molecule has 7 heteroatoms. The molecule has 0 aliphatic rings. The van der Waals surface area contributed by atoms with E-state index < -0.39 is 0 Å². The first-order chi connectivity index (χ1) is 12.7. The van der Waals surface area contributed by atoms with Gasteiger partial charge in [0.2, 0.25) is 0 Å². The smallest absolute Gasteiger partial charge is 0.158 e. The van der Waals surface area contributed by atoms with Crippen molar-refractivity contribution in [1.82, 2.24) is 29.3 Å². The Bertz CT molecular complexity index is 1010. The molecule has 26 heavy (non-hydrogen) atoms. The van der Waals surface area contributed by atoms with Gasteiger partial charge in [-0.3, -0.25) is 4.68 Å². The largest absolute Gasteiger partial charge is 0.494 e. The minimum atomic E-state index is 0.173. The van der Waals surface area contributed by atoms with Crippen LogP contribution >= 0.6 is 0 Å². The van der Waals surface area contributed by atoms with Crippen LogP contribution in [-0.4, -0.2) is 35.9 Å². The third kappa shape index (κ3) is 3.15. The van der Waals surface area contributed by atoms with Crippen molar-refractivity contribution in [3.05, 3.63) is 55.4 Å². The fraction of sp³-hybridized carbons (Fsp3) is 0.263. The lowest BCUT2D eigenvalue weighted by Gasteiger charge is -2.16. The highest BCUT2D eigenvalue weighted by Crippen LogP contribution is 2.25. The van der Waals surface area contributed by atoms with E-state index in [1.807, 2.05) is 42.1 Å². The number of hydrogen-bond acceptors (Lipinski definition) is 5. The Labute approximate surface area is 151 Å². The third-order valence-corrected chi connectivity index (χ3v) is 4.26. The van der Waals surface area contributed by atoms with E-state index in [4.69, 9.17) is 9.72 Å². The lowest BCUT2D eigenvalue weighted by molar-refractivity contribution is 0.340. The Morgan fingerprint density at radius 2 is 2.12 bits per heavy atom. The Hall–Kier alpha value is -3.22. The molecular weight excluding hydrogens is 328 g/mol. The van der Waals surface area contributed by atoms with E-state index in [2.05, 4.69) is 32.6 Å². The van der Waals surface area contributed by atoms with Crippen LogP contribution < -0.4 is 4.74 Å². The Balaban J connectivity index is 1.65. The number of ether oxygens (including phenoxy) is 1. The van der Waals surface area contributed by atoms with Gasteiger partial charge in [-0.05, 0) is 38.1 Å². The molecule has 4 aromatic rings. The van der Waals surface area contributed by atoms with Crippen LogP contribution in [0.3, 0.4) is 0 Å². The molecule has 0 saturated carbocycles. The second-order valence-corrected chi connectivity index (χ2v) is 6.11. The first-order valence-corrected chi connectivity index (χ1v) is 8.64. The van der Waals surface area contributed by atoms with E-state index in [-0.39, 0.29) is 6.04 Å². The predicted octanol–water partition coefficient (Wildman–Crippen LogP) is 3.35. The van der Waals surface area contributed by atoms with E-state index in [1.165, 1.54) is 0 Å². The summed E-state index contributed by atoms with van der Waals surface area (Å²) in [4.78, 5) is 13.3. The van der Waals surface area contributed by atoms with Crippen LogP contribution in [0.4, 0.5) is 0 Å². The molecule has 132 valence electrons. The molecule has 1 aromatic carbocycles. The van der Waals surface area contributed by atoms with Crippen LogP contribution in [0.15, 0.2) is 55.4 Å². The van der Waals surface area contributed by atoms with Crippen molar-refractivity contribution in [2.75, 3.05) is 6.61 Å². The van der Waals surface area contributed by atoms with Gasteiger partial charge in [0.25, 0.3) is 0 Å². The van der Waals surface area contributed by atoms with Gasteiger partial charge in [-0.2, -0.15) is 5.10 Å². The van der Waals surface area contributed by atoms with E-state index in [9.17, 15) is 0 Å². The van der Waals surface area contributed by atoms with Gasteiger partial charge in [0.1, 0.15) is 24.1 Å². The van der Waals surface area contributed by atoms with E-state index in [0.717, 1.165) is 28.2 Å². The Morgan fingerprint density at radius 3 is 2.92 bits per heavy atom. The summed E-state index contributed by atoms with van der Waals surface area (Å²) < 4.78 is 9.49. The fourth-order valence-corrected chi connectivity index (χ4v) is 3.04. The molecule has 0 amide bonds. The average Bonchev–Trinajstić information content (AvgIpc) is 3.33. The van der Waals surface area contributed by atoms with E-state index in [1.54, 1.807) is 18.9 Å². The van der Waals surface area contributed by atoms with Crippen LogP contribution in [-0.2, 0) is 6.54 Å². The molecule has 0 spiro atoms. The first kappa shape index (κ1) is 16.3. The van der Waals surface area contributed by atoms with Gasteiger partial charge in [-0.25, -0.2) is 15.0 Å². The highest BCUT2D eigenvalue weighted by Gasteiger charge is 2.14. The number of hydrogen-bond donors (Lipinski definition) is 0. The van der Waals surface area contributed by atoms with Gasteiger partial charge in [0, 0.05) is 17.8 Å². The Morgan fingerprint density at radius 1 is 1.19 bits per heavy atom. The quantitative estimate of drug-likeness (QED) is 0.534. The maximum absolute atomic E-state index is 5.56. The van der Waals surface area contributed by atoms with Crippen LogP contribution in [0.2, 0.25) is 0 Å². The summed E-state index contributed by atoms with van der Waals surface area (Å²) in [7, 11) is 0. The highest BCUT2D eigenvalue weighted by molar-refractivity contribution is 5.82. The minimum Gasteiger partial charge on any atom is -0.494 e. The standard InChI is InChI=1S/C19H20N6O/c1-3-26-16-5-7-17-15(10-16)4-6-18(23-17)19-21-8-9-25(19)14(2)11-24-13-20-12-22-24/h4-10,12-14H,3,11H2,1-2H3. The molecule has 0 bridgehead atoms. The summed E-state index contributed by atoms with van der Waals surface area (Å²) in [5.74, 6) is 1.70. The first-order valence-electron chi connectivity index (χ1n) is 8.64. The average molecular weight is 348 g/mol. The number of aromatic nitrogens is 6. The molecule has 1 atom stereocenters. The molecular formula is C19H20N6O. The number of imidazole rings is 1. The van der Waals surface area contributed by atoms with Crippen LogP contribution in [0, 0.1) is 0 Å². The molecule has 0 aliphatic carbocycles. The zero-order chi connectivity index (χ0) is 17.9. The molecule has 0 aliphatic heterocycles. The molecule has 0 radical (unpaired) electrons. The Kier molecular flexibility index (Phi) is 4.35. The van der Waals surface area contributed by atoms with E-state index >= 15 is 0 Å². The summed E-state index contributed by atoms with van der Waals surface area (Å²) in [5.41, 5.74) is 1.77. The van der Waals surface area contributed by atoms with Gasteiger partial charge in [-0.15, -0.1) is 0 Å². The van der Waals surface area contributed by atoms with Crippen LogP contribution in [0.25, 0.3) is 22.4 Å². The minimum absolute atomic E-state index is 0.173. The molecule has 4 rings (SSSR count). The number of benzene rings is 1. The van der Waals surface area contributed by atoms with Gasteiger partial charge < -0.3 is 9.30 Å². The fourth-order valence-electron chi connectivity index (χ4n) is 3.04. The van der Waals surface area contributed by atoms with E-state index in [0.29, 0.717) is 13.2 Å². The number of pyridine rings is 1. The SMILES string of the molecule is CCOc1ccc2nc(-c3nccn3C(C)Cn3cncn3)ccc2c1. The maximum Gasteiger partial charge on any atom is 0.158 e. The van der Waals surface area contributed by atoms with Gasteiger partial charge in [0.05, 0.1) is 24.7 Å². The van der Waals surface area contributed by atoms with Crippen molar-refractivity contribution in [1.29, 1.82) is 0 Å². The number of fused-ring (bicyclic) bond motifs is 1. The lowest BCUT2D eigenvalue weighted by Crippen LogP contribution is -2.14. The molecule has 0 N–H and O–H groups in total. The summed E-state index contributed by atoms with van der Waals surface area (Å²) in [5, 5.41) is 5.23. The summed E-state index contributed by atoms with van der Waals surface area (Å²) >= 11 is 0. The highest BCUT2D eigenvalue weighted by atomic mass is 16.5. The predicted molar refractivity (Wildman–Crippen MR) is 98.9 cm³/mol. The normalized spacial score (nSPS) is 12.4.